The molecule has 0 unspecified atom stereocenters. The first kappa shape index (κ1) is 20.9. The third-order valence-corrected chi connectivity index (χ3v) is 5.66. The summed E-state index contributed by atoms with van der Waals surface area (Å²) in [5, 5.41) is 0. The molecule has 0 saturated heterocycles. The van der Waals surface area contributed by atoms with Crippen LogP contribution in [0, 0.1) is 23.7 Å². The average molecular weight is 444 g/mol. The summed E-state index contributed by atoms with van der Waals surface area (Å²) in [7, 11) is 0. The topological polar surface area (TPSA) is 74.8 Å². The molecule has 6 nitrogen and oxygen atoms in total. The monoisotopic (exact) mass is 444 g/mol. The van der Waals surface area contributed by atoms with Crippen LogP contribution in [0.2, 0.25) is 0 Å². The number of nitrogens with zero attached hydrogens (tertiary/aromatic N) is 2. The molecule has 0 fully saturated rings. The molecular weight excluding hydrogens is 428 g/mol. The van der Waals surface area contributed by atoms with E-state index in [0.717, 1.165) is 9.80 Å². The van der Waals surface area contributed by atoms with Crippen LogP contribution in [0.1, 0.15) is 66.4 Å². The van der Waals surface area contributed by atoms with Gasteiger partial charge in [0.15, 0.2) is 0 Å². The van der Waals surface area contributed by atoms with Crippen molar-refractivity contribution in [2.24, 2.45) is 0 Å². The van der Waals surface area contributed by atoms with E-state index in [1.165, 1.54) is 6.07 Å². The van der Waals surface area contributed by atoms with Gasteiger partial charge in [-0.3, -0.25) is 19.2 Å². The molecule has 6 heteroatoms. The number of hydrogen-bond acceptors (Lipinski definition) is 4. The fraction of sp³-hybridized carbons (Fsp3) is 0.0714. The third-order valence-electron chi connectivity index (χ3n) is 5.66. The lowest BCUT2D eigenvalue weighted by molar-refractivity contribution is 0.0912. The molecule has 2 aliphatic rings. The SMILES string of the molecule is CC#Cc1ccc2c(c1)C(=O)N(c1cccc(N3C(=O)c4ccc(C#CC)cc4C3=O)c1)C2=O. The molecule has 3 aromatic rings. The number of carbonyl (C=O) groups is 4. The first-order valence-electron chi connectivity index (χ1n) is 10.5. The lowest BCUT2D eigenvalue weighted by Gasteiger charge is -2.18. The zero-order chi connectivity index (χ0) is 24.0. The van der Waals surface area contributed by atoms with Gasteiger partial charge in [-0.15, -0.1) is 11.8 Å². The molecule has 0 bridgehead atoms. The van der Waals surface area contributed by atoms with Gasteiger partial charge < -0.3 is 0 Å². The van der Waals surface area contributed by atoms with E-state index in [2.05, 4.69) is 23.7 Å². The second kappa shape index (κ2) is 7.88. The molecule has 2 heterocycles. The molecule has 0 radical (unpaired) electrons. The van der Waals surface area contributed by atoms with Gasteiger partial charge in [-0.25, -0.2) is 9.80 Å². The summed E-state index contributed by atoms with van der Waals surface area (Å²) >= 11 is 0. The maximum absolute atomic E-state index is 13.1. The molecule has 162 valence electrons. The standard InChI is InChI=1S/C28H16N2O4/c1-3-6-17-10-12-21-23(14-17)27(33)29(25(21)31)19-8-5-9-20(16-19)30-26(32)22-13-11-18(7-4-2)15-24(22)28(30)34/h5,8-16H,1-2H3. The van der Waals surface area contributed by atoms with Gasteiger partial charge in [-0.05, 0) is 68.4 Å². The normalized spacial score (nSPS) is 13.8. The maximum Gasteiger partial charge on any atom is 0.266 e. The van der Waals surface area contributed by atoms with Gasteiger partial charge in [-0.2, -0.15) is 0 Å². The smallest absolute Gasteiger partial charge is 0.266 e. The van der Waals surface area contributed by atoms with Crippen LogP contribution in [0.3, 0.4) is 0 Å². The summed E-state index contributed by atoms with van der Waals surface area (Å²) in [5.74, 6) is 9.39. The second-order valence-corrected chi connectivity index (χ2v) is 7.68. The van der Waals surface area contributed by atoms with E-state index >= 15 is 0 Å². The number of fused-ring (bicyclic) bond motifs is 2. The molecule has 0 saturated carbocycles. The Kier molecular flexibility index (Phi) is 4.85. The van der Waals surface area contributed by atoms with E-state index in [-0.39, 0.29) is 33.6 Å². The van der Waals surface area contributed by atoms with E-state index < -0.39 is 23.6 Å². The predicted molar refractivity (Wildman–Crippen MR) is 127 cm³/mol. The summed E-state index contributed by atoms with van der Waals surface area (Å²) in [6.45, 7) is 3.38. The largest absolute Gasteiger partial charge is 0.268 e. The number of imide groups is 2. The lowest BCUT2D eigenvalue weighted by atomic mass is 10.1. The first-order chi connectivity index (χ1) is 16.4. The van der Waals surface area contributed by atoms with Gasteiger partial charge in [0.2, 0.25) is 0 Å². The summed E-state index contributed by atoms with van der Waals surface area (Å²) < 4.78 is 0. The van der Waals surface area contributed by atoms with Gasteiger partial charge in [0.25, 0.3) is 23.6 Å². The minimum atomic E-state index is -0.484. The Bertz CT molecular complexity index is 1460. The summed E-state index contributed by atoms with van der Waals surface area (Å²) in [6, 6.07) is 16.0. The van der Waals surface area contributed by atoms with Crippen LogP contribution in [0.15, 0.2) is 60.7 Å². The Labute approximate surface area is 195 Å². The Morgan fingerprint density at radius 1 is 0.529 bits per heavy atom. The Balaban J connectivity index is 1.52. The molecule has 0 aromatic heterocycles. The third kappa shape index (κ3) is 3.09. The van der Waals surface area contributed by atoms with Crippen LogP contribution < -0.4 is 9.80 Å². The molecule has 3 aromatic carbocycles. The lowest BCUT2D eigenvalue weighted by Crippen LogP contribution is -2.31. The second-order valence-electron chi connectivity index (χ2n) is 7.68. The highest BCUT2D eigenvalue weighted by Crippen LogP contribution is 2.34. The Hall–Kier alpha value is -4.94. The average Bonchev–Trinajstić information content (AvgIpc) is 3.23. The molecule has 2 aliphatic heterocycles. The van der Waals surface area contributed by atoms with Gasteiger partial charge >= 0.3 is 0 Å². The summed E-state index contributed by atoms with van der Waals surface area (Å²) in [4.78, 5) is 54.3. The van der Waals surface area contributed by atoms with Crippen molar-refractivity contribution < 1.29 is 19.2 Å². The van der Waals surface area contributed by atoms with E-state index in [1.807, 2.05) is 0 Å². The number of amides is 4. The molecule has 0 aliphatic carbocycles. The number of carbonyl (C=O) groups excluding carboxylic acids is 4. The molecule has 0 spiro atoms. The van der Waals surface area contributed by atoms with Crippen LogP contribution in [0.25, 0.3) is 0 Å². The van der Waals surface area contributed by atoms with Gasteiger partial charge in [0.1, 0.15) is 0 Å². The van der Waals surface area contributed by atoms with Crippen LogP contribution in [-0.2, 0) is 0 Å². The summed E-state index contributed by atoms with van der Waals surface area (Å²) in [6.07, 6.45) is 0. The number of anilines is 2. The molecule has 34 heavy (non-hydrogen) atoms. The fourth-order valence-electron chi connectivity index (χ4n) is 4.17. The molecule has 0 N–H and O–H groups in total. The van der Waals surface area contributed by atoms with E-state index in [9.17, 15) is 19.2 Å². The van der Waals surface area contributed by atoms with Gasteiger partial charge in [-0.1, -0.05) is 17.9 Å². The van der Waals surface area contributed by atoms with Gasteiger partial charge in [0.05, 0.1) is 33.6 Å². The predicted octanol–water partition coefficient (Wildman–Crippen LogP) is 4.03. The molecule has 4 amide bonds. The summed E-state index contributed by atoms with van der Waals surface area (Å²) in [5.41, 5.74) is 2.89. The maximum atomic E-state index is 13.1. The molecule has 0 atom stereocenters. The van der Waals surface area contributed by atoms with Crippen LogP contribution in [0.4, 0.5) is 11.4 Å². The number of rotatable bonds is 2. The van der Waals surface area contributed by atoms with E-state index in [4.69, 9.17) is 0 Å². The molecule has 5 rings (SSSR count). The minimum Gasteiger partial charge on any atom is -0.268 e. The highest BCUT2D eigenvalue weighted by molar-refractivity contribution is 6.36. The van der Waals surface area contributed by atoms with Crippen molar-refractivity contribution in [3.63, 3.8) is 0 Å². The van der Waals surface area contributed by atoms with Crippen molar-refractivity contribution in [2.45, 2.75) is 13.8 Å². The van der Waals surface area contributed by atoms with Crippen LogP contribution >= 0.6 is 0 Å². The zero-order valence-corrected chi connectivity index (χ0v) is 18.3. The van der Waals surface area contributed by atoms with Crippen molar-refractivity contribution in [2.75, 3.05) is 9.80 Å². The van der Waals surface area contributed by atoms with Crippen molar-refractivity contribution in [3.05, 3.63) is 94.0 Å². The highest BCUT2D eigenvalue weighted by Gasteiger charge is 2.39. The van der Waals surface area contributed by atoms with Crippen molar-refractivity contribution >= 4 is 35.0 Å². The Morgan fingerprint density at radius 3 is 1.35 bits per heavy atom. The van der Waals surface area contributed by atoms with Crippen LogP contribution in [-0.4, -0.2) is 23.6 Å². The van der Waals surface area contributed by atoms with Gasteiger partial charge in [0, 0.05) is 11.1 Å². The van der Waals surface area contributed by atoms with Crippen LogP contribution in [0.5, 0.6) is 0 Å². The number of benzene rings is 3. The highest BCUT2D eigenvalue weighted by atomic mass is 16.2. The van der Waals surface area contributed by atoms with E-state index in [0.29, 0.717) is 11.1 Å². The van der Waals surface area contributed by atoms with Crippen molar-refractivity contribution in [1.29, 1.82) is 0 Å². The quantitative estimate of drug-likeness (QED) is 0.442. The molecular formula is C28H16N2O4. The first-order valence-corrected chi connectivity index (χ1v) is 10.5. The van der Waals surface area contributed by atoms with E-state index in [1.54, 1.807) is 68.4 Å². The van der Waals surface area contributed by atoms with Crippen molar-refractivity contribution in [1.82, 2.24) is 0 Å². The van der Waals surface area contributed by atoms with Crippen molar-refractivity contribution in [3.8, 4) is 23.7 Å². The Morgan fingerprint density at radius 2 is 0.941 bits per heavy atom. The number of hydrogen-bond donors (Lipinski definition) is 0. The fourth-order valence-corrected chi connectivity index (χ4v) is 4.17. The minimum absolute atomic E-state index is 0.265. The zero-order valence-electron chi connectivity index (χ0n) is 18.3.